The van der Waals surface area contributed by atoms with E-state index >= 15 is 0 Å². The SMILES string of the molecule is N#C/C(=C\c1ccc(N2CCCCC2)s1)C(=O)OCCCCCN. The molecule has 0 aromatic carbocycles. The Morgan fingerprint density at radius 2 is 2.08 bits per heavy atom. The van der Waals surface area contributed by atoms with Gasteiger partial charge in [-0.15, -0.1) is 11.3 Å². The fraction of sp³-hybridized carbons (Fsp3) is 0.556. The molecule has 0 radical (unpaired) electrons. The molecule has 5 nitrogen and oxygen atoms in total. The van der Waals surface area contributed by atoms with Crippen molar-refractivity contribution in [3.63, 3.8) is 0 Å². The molecule has 24 heavy (non-hydrogen) atoms. The van der Waals surface area contributed by atoms with Crippen LogP contribution in [-0.4, -0.2) is 32.2 Å². The topological polar surface area (TPSA) is 79.3 Å². The zero-order valence-electron chi connectivity index (χ0n) is 14.0. The van der Waals surface area contributed by atoms with Crippen LogP contribution in [0.25, 0.3) is 6.08 Å². The molecule has 1 aliphatic heterocycles. The van der Waals surface area contributed by atoms with Gasteiger partial charge >= 0.3 is 5.97 Å². The minimum atomic E-state index is -0.543. The molecule has 2 rings (SSSR count). The van der Waals surface area contributed by atoms with Crippen molar-refractivity contribution in [3.8, 4) is 6.07 Å². The van der Waals surface area contributed by atoms with Gasteiger partial charge in [0, 0.05) is 18.0 Å². The van der Waals surface area contributed by atoms with Crippen molar-refractivity contribution in [2.45, 2.75) is 38.5 Å². The Morgan fingerprint density at radius 1 is 1.29 bits per heavy atom. The summed E-state index contributed by atoms with van der Waals surface area (Å²) in [6.45, 7) is 3.15. The number of ether oxygens (including phenoxy) is 1. The van der Waals surface area contributed by atoms with E-state index in [0.717, 1.165) is 37.2 Å². The monoisotopic (exact) mass is 347 g/mol. The maximum Gasteiger partial charge on any atom is 0.348 e. The van der Waals surface area contributed by atoms with E-state index in [2.05, 4.69) is 11.0 Å². The molecule has 0 unspecified atom stereocenters. The van der Waals surface area contributed by atoms with E-state index in [1.807, 2.05) is 12.1 Å². The van der Waals surface area contributed by atoms with Crippen LogP contribution < -0.4 is 10.6 Å². The minimum Gasteiger partial charge on any atom is -0.462 e. The molecular weight excluding hydrogens is 322 g/mol. The molecule has 2 N–H and O–H groups in total. The Morgan fingerprint density at radius 3 is 2.79 bits per heavy atom. The lowest BCUT2D eigenvalue weighted by Gasteiger charge is -2.27. The summed E-state index contributed by atoms with van der Waals surface area (Å²) in [5, 5.41) is 10.4. The van der Waals surface area contributed by atoms with E-state index in [1.54, 1.807) is 17.4 Å². The molecule has 1 fully saturated rings. The first-order valence-electron chi connectivity index (χ1n) is 8.58. The van der Waals surface area contributed by atoms with E-state index in [0.29, 0.717) is 13.2 Å². The van der Waals surface area contributed by atoms with Gasteiger partial charge in [-0.25, -0.2) is 4.79 Å². The number of unbranched alkanes of at least 4 members (excludes halogenated alkanes) is 2. The highest BCUT2D eigenvalue weighted by Crippen LogP contribution is 2.29. The molecule has 130 valence electrons. The van der Waals surface area contributed by atoms with Crippen LogP contribution in [0.1, 0.15) is 43.4 Å². The van der Waals surface area contributed by atoms with Gasteiger partial charge in [-0.1, -0.05) is 0 Å². The molecule has 1 aliphatic rings. The average molecular weight is 347 g/mol. The van der Waals surface area contributed by atoms with Gasteiger partial charge in [-0.3, -0.25) is 0 Å². The Hall–Kier alpha value is -1.84. The van der Waals surface area contributed by atoms with Gasteiger partial charge in [0.2, 0.25) is 0 Å². The summed E-state index contributed by atoms with van der Waals surface area (Å²) in [5.41, 5.74) is 5.48. The van der Waals surface area contributed by atoms with E-state index in [9.17, 15) is 10.1 Å². The number of nitrogens with zero attached hydrogens (tertiary/aromatic N) is 2. The number of nitriles is 1. The number of hydrogen-bond donors (Lipinski definition) is 1. The predicted molar refractivity (Wildman–Crippen MR) is 97.8 cm³/mol. The summed E-state index contributed by atoms with van der Waals surface area (Å²) < 4.78 is 5.16. The molecule has 0 bridgehead atoms. The Kier molecular flexibility index (Phi) is 7.80. The first-order chi connectivity index (χ1) is 11.7. The quantitative estimate of drug-likeness (QED) is 0.338. The summed E-state index contributed by atoms with van der Waals surface area (Å²) in [6.07, 6.45) is 8.00. The van der Waals surface area contributed by atoms with Gasteiger partial charge in [-0.05, 0) is 63.3 Å². The van der Waals surface area contributed by atoms with Crippen LogP contribution in [0.2, 0.25) is 0 Å². The molecular formula is C18H25N3O2S. The normalized spacial score (nSPS) is 15.2. The van der Waals surface area contributed by atoms with Crippen molar-refractivity contribution < 1.29 is 9.53 Å². The van der Waals surface area contributed by atoms with E-state index in [-0.39, 0.29) is 5.57 Å². The zero-order valence-corrected chi connectivity index (χ0v) is 14.8. The predicted octanol–water partition coefficient (Wildman–Crippen LogP) is 3.32. The molecule has 1 saturated heterocycles. The molecule has 0 saturated carbocycles. The number of hydrogen-bond acceptors (Lipinski definition) is 6. The third-order valence-corrected chi connectivity index (χ3v) is 5.08. The highest BCUT2D eigenvalue weighted by atomic mass is 32.1. The van der Waals surface area contributed by atoms with Gasteiger partial charge in [0.1, 0.15) is 11.6 Å². The molecule has 0 aliphatic carbocycles. The van der Waals surface area contributed by atoms with Crippen molar-refractivity contribution in [1.29, 1.82) is 5.26 Å². The van der Waals surface area contributed by atoms with Gasteiger partial charge in [0.25, 0.3) is 0 Å². The van der Waals surface area contributed by atoms with Crippen LogP contribution in [0.4, 0.5) is 5.00 Å². The van der Waals surface area contributed by atoms with Crippen molar-refractivity contribution in [2.24, 2.45) is 5.73 Å². The lowest BCUT2D eigenvalue weighted by atomic mass is 10.1. The minimum absolute atomic E-state index is 0.0564. The maximum absolute atomic E-state index is 12.0. The second kappa shape index (κ2) is 10.1. The van der Waals surface area contributed by atoms with Gasteiger partial charge in [0.05, 0.1) is 11.6 Å². The summed E-state index contributed by atoms with van der Waals surface area (Å²) in [4.78, 5) is 15.3. The molecule has 0 spiro atoms. The highest BCUT2D eigenvalue weighted by Gasteiger charge is 2.14. The molecule has 1 aromatic rings. The molecule has 2 heterocycles. The summed E-state index contributed by atoms with van der Waals surface area (Å²) in [7, 11) is 0. The summed E-state index contributed by atoms with van der Waals surface area (Å²) >= 11 is 1.61. The van der Waals surface area contributed by atoms with Crippen LogP contribution in [0.3, 0.4) is 0 Å². The van der Waals surface area contributed by atoms with Gasteiger partial charge in [-0.2, -0.15) is 5.26 Å². The number of piperidine rings is 1. The number of esters is 1. The highest BCUT2D eigenvalue weighted by molar-refractivity contribution is 7.16. The standard InChI is InChI=1S/C18H25N3O2S/c19-9-3-1-6-12-23-18(22)15(14-20)13-16-7-8-17(24-16)21-10-4-2-5-11-21/h7-8,13H,1-6,9-12,19H2/b15-13+. The maximum atomic E-state index is 12.0. The van der Waals surface area contributed by atoms with E-state index in [1.165, 1.54) is 24.3 Å². The number of thiophene rings is 1. The number of carbonyl (C=O) groups is 1. The van der Waals surface area contributed by atoms with Crippen molar-refractivity contribution in [3.05, 3.63) is 22.6 Å². The fourth-order valence-electron chi connectivity index (χ4n) is 2.65. The Balaban J connectivity index is 1.91. The zero-order chi connectivity index (χ0) is 17.2. The largest absolute Gasteiger partial charge is 0.462 e. The lowest BCUT2D eigenvalue weighted by molar-refractivity contribution is -0.138. The second-order valence-electron chi connectivity index (χ2n) is 5.88. The van der Waals surface area contributed by atoms with Crippen LogP contribution in [0.5, 0.6) is 0 Å². The number of carbonyl (C=O) groups excluding carboxylic acids is 1. The number of anilines is 1. The van der Waals surface area contributed by atoms with E-state index in [4.69, 9.17) is 10.5 Å². The second-order valence-corrected chi connectivity index (χ2v) is 6.97. The van der Waals surface area contributed by atoms with Crippen molar-refractivity contribution in [1.82, 2.24) is 0 Å². The Labute approximate surface area is 147 Å². The smallest absolute Gasteiger partial charge is 0.348 e. The number of nitrogens with two attached hydrogens (primary N) is 1. The van der Waals surface area contributed by atoms with Gasteiger partial charge < -0.3 is 15.4 Å². The lowest BCUT2D eigenvalue weighted by Crippen LogP contribution is -2.28. The molecule has 6 heteroatoms. The van der Waals surface area contributed by atoms with Crippen LogP contribution >= 0.6 is 11.3 Å². The summed E-state index contributed by atoms with van der Waals surface area (Å²) in [5.74, 6) is -0.543. The first-order valence-corrected chi connectivity index (χ1v) is 9.40. The number of rotatable bonds is 8. The van der Waals surface area contributed by atoms with Crippen molar-refractivity contribution >= 4 is 28.4 Å². The summed E-state index contributed by atoms with van der Waals surface area (Å²) in [6, 6.07) is 5.97. The molecule has 0 atom stereocenters. The van der Waals surface area contributed by atoms with Crippen LogP contribution in [-0.2, 0) is 9.53 Å². The third-order valence-electron chi connectivity index (χ3n) is 3.99. The third kappa shape index (κ3) is 5.66. The average Bonchev–Trinajstić information content (AvgIpc) is 3.08. The van der Waals surface area contributed by atoms with Gasteiger partial charge in [0.15, 0.2) is 0 Å². The Bertz CT molecular complexity index is 598. The van der Waals surface area contributed by atoms with E-state index < -0.39 is 5.97 Å². The van der Waals surface area contributed by atoms with Crippen molar-refractivity contribution in [2.75, 3.05) is 31.1 Å². The van der Waals surface area contributed by atoms with Crippen LogP contribution in [0, 0.1) is 11.3 Å². The first kappa shape index (κ1) is 18.5. The van der Waals surface area contributed by atoms with Crippen LogP contribution in [0.15, 0.2) is 17.7 Å². The fourth-order valence-corrected chi connectivity index (χ4v) is 3.65. The molecule has 0 amide bonds. The molecule has 1 aromatic heterocycles.